The lowest BCUT2D eigenvalue weighted by Gasteiger charge is -2.48. The number of carbonyl (C=O) groups excluding carboxylic acids is 2. The molecule has 3 heterocycles. The van der Waals surface area contributed by atoms with Crippen molar-refractivity contribution in [3.05, 3.63) is 17.6 Å². The van der Waals surface area contributed by atoms with Crippen molar-refractivity contribution >= 4 is 57.9 Å². The Bertz CT molecular complexity index is 913. The number of nitrogen functional groups attached to an aromatic ring is 1. The van der Waals surface area contributed by atoms with Crippen molar-refractivity contribution < 1.29 is 34.2 Å². The second kappa shape index (κ2) is 7.81. The summed E-state index contributed by atoms with van der Waals surface area (Å²) in [5, 5.41) is 23.1. The molecule has 2 atom stereocenters. The van der Waals surface area contributed by atoms with Gasteiger partial charge in [0.15, 0.2) is 5.13 Å². The first-order chi connectivity index (χ1) is 13.3. The first kappa shape index (κ1) is 19.6. The van der Waals surface area contributed by atoms with E-state index < -0.39 is 47.5 Å². The van der Waals surface area contributed by atoms with Gasteiger partial charge in [0.25, 0.3) is 11.8 Å². The van der Waals surface area contributed by atoms with Gasteiger partial charge in [0.2, 0.25) is 18.1 Å². The van der Waals surface area contributed by atoms with Crippen molar-refractivity contribution in [3.63, 3.8) is 0 Å². The van der Waals surface area contributed by atoms with Gasteiger partial charge < -0.3 is 26.1 Å². The molecule has 2 aliphatic heterocycles. The third kappa shape index (κ3) is 3.74. The number of aliphatic carboxylic acids is 2. The molecule has 28 heavy (non-hydrogen) atoms. The lowest BCUT2D eigenvalue weighted by Crippen LogP contribution is -2.70. The number of thioether (sulfide) groups is 1. The maximum absolute atomic E-state index is 12.6. The monoisotopic (exact) mass is 428 g/mol. The van der Waals surface area contributed by atoms with Gasteiger partial charge in [-0.2, -0.15) is 9.36 Å². The Morgan fingerprint density at radius 3 is 2.79 bits per heavy atom. The van der Waals surface area contributed by atoms with Gasteiger partial charge in [-0.25, -0.2) is 9.59 Å². The standard InChI is InChI=1S/C13H12N6O7S2/c14-13-16-8(18-28-13)6(17-26-3-5(20)21)9(22)15-7-10(23)19-4(12(24)25)1-2-27-11(7)19/h1,7,11H,2-3H2,(H,15,22)(H,20,21)(H,24,25)(H2,14,16,18)/t7?,11-/m0/s1. The van der Waals surface area contributed by atoms with Crippen LogP contribution in [0.2, 0.25) is 0 Å². The summed E-state index contributed by atoms with van der Waals surface area (Å²) in [7, 11) is 0. The minimum Gasteiger partial charge on any atom is -0.479 e. The smallest absolute Gasteiger partial charge is 0.352 e. The topological polar surface area (TPSA) is 197 Å². The highest BCUT2D eigenvalue weighted by Crippen LogP contribution is 2.37. The molecule has 1 fully saturated rings. The zero-order chi connectivity index (χ0) is 20.4. The second-order valence-electron chi connectivity index (χ2n) is 5.34. The zero-order valence-corrected chi connectivity index (χ0v) is 15.4. The molecular formula is C13H12N6O7S2. The molecular weight excluding hydrogens is 416 g/mol. The fourth-order valence-electron chi connectivity index (χ4n) is 2.41. The normalized spacial score (nSPS) is 21.3. The van der Waals surface area contributed by atoms with Gasteiger partial charge in [0, 0.05) is 17.3 Å². The van der Waals surface area contributed by atoms with Crippen LogP contribution in [-0.4, -0.2) is 77.7 Å². The molecule has 2 aliphatic rings. The lowest BCUT2D eigenvalue weighted by atomic mass is 10.0. The third-order valence-corrected chi connectivity index (χ3v) is 5.29. The van der Waals surface area contributed by atoms with Crippen LogP contribution in [0.15, 0.2) is 16.9 Å². The van der Waals surface area contributed by atoms with Gasteiger partial charge in [-0.15, -0.1) is 11.8 Å². The summed E-state index contributed by atoms with van der Waals surface area (Å²) in [6.45, 7) is -0.808. The number of β-lactam (4-membered cyclic amide) rings is 1. The van der Waals surface area contributed by atoms with Gasteiger partial charge >= 0.3 is 11.9 Å². The van der Waals surface area contributed by atoms with Crippen molar-refractivity contribution in [1.82, 2.24) is 19.6 Å². The number of nitrogens with zero attached hydrogens (tertiary/aromatic N) is 4. The van der Waals surface area contributed by atoms with Crippen LogP contribution in [-0.2, 0) is 24.0 Å². The van der Waals surface area contributed by atoms with Crippen molar-refractivity contribution in [2.45, 2.75) is 11.4 Å². The fraction of sp³-hybridized carbons (Fsp3) is 0.308. The van der Waals surface area contributed by atoms with Gasteiger partial charge in [-0.3, -0.25) is 14.5 Å². The quantitative estimate of drug-likeness (QED) is 0.219. The number of oxime groups is 1. The number of fused-ring (bicyclic) bond motifs is 1. The Morgan fingerprint density at radius 2 is 2.18 bits per heavy atom. The highest BCUT2D eigenvalue weighted by Gasteiger charge is 2.53. The van der Waals surface area contributed by atoms with Crippen LogP contribution >= 0.6 is 23.3 Å². The summed E-state index contributed by atoms with van der Waals surface area (Å²) in [6, 6.07) is -0.999. The zero-order valence-electron chi connectivity index (χ0n) is 13.8. The molecule has 1 aromatic rings. The van der Waals surface area contributed by atoms with E-state index in [2.05, 4.69) is 24.7 Å². The minimum atomic E-state index is -1.31. The van der Waals surface area contributed by atoms with Crippen LogP contribution in [0.1, 0.15) is 5.82 Å². The molecule has 15 heteroatoms. The molecule has 13 nitrogen and oxygen atoms in total. The van der Waals surface area contributed by atoms with Crippen LogP contribution < -0.4 is 11.1 Å². The highest BCUT2D eigenvalue weighted by molar-refractivity contribution is 8.00. The van der Waals surface area contributed by atoms with Crippen molar-refractivity contribution in [3.8, 4) is 0 Å². The van der Waals surface area contributed by atoms with E-state index in [0.717, 1.165) is 16.4 Å². The Hall–Kier alpha value is -3.20. The van der Waals surface area contributed by atoms with E-state index >= 15 is 0 Å². The largest absolute Gasteiger partial charge is 0.479 e. The van der Waals surface area contributed by atoms with Crippen molar-refractivity contribution in [1.29, 1.82) is 0 Å². The molecule has 1 saturated heterocycles. The predicted molar refractivity (Wildman–Crippen MR) is 95.2 cm³/mol. The van der Waals surface area contributed by atoms with E-state index in [1.54, 1.807) is 0 Å². The molecule has 0 aliphatic carbocycles. The average Bonchev–Trinajstić information content (AvgIpc) is 3.07. The number of carboxylic acids is 2. The number of nitrogens with one attached hydrogen (secondary N) is 1. The van der Waals surface area contributed by atoms with E-state index in [1.165, 1.54) is 17.8 Å². The molecule has 0 spiro atoms. The van der Waals surface area contributed by atoms with Crippen LogP contribution in [0, 0.1) is 0 Å². The van der Waals surface area contributed by atoms with Crippen molar-refractivity contribution in [2.24, 2.45) is 5.16 Å². The number of carboxylic acid groups (broad SMARTS) is 2. The summed E-state index contributed by atoms with van der Waals surface area (Å²) in [6.07, 6.45) is 1.41. The molecule has 0 bridgehead atoms. The van der Waals surface area contributed by atoms with Gasteiger partial charge in [-0.05, 0) is 6.08 Å². The number of amides is 2. The summed E-state index contributed by atoms with van der Waals surface area (Å²) < 4.78 is 3.82. The molecule has 5 N–H and O–H groups in total. The molecule has 0 radical (unpaired) electrons. The van der Waals surface area contributed by atoms with Gasteiger partial charge in [0.1, 0.15) is 17.1 Å². The number of aromatic nitrogens is 2. The SMILES string of the molecule is Nc1nc(C(=NOCC(=O)O)C(=O)NC2C(=O)N3C(C(=O)O)=CCS[C@@H]23)ns1. The number of nitrogens with two attached hydrogens (primary N) is 1. The summed E-state index contributed by atoms with van der Waals surface area (Å²) in [5.41, 5.74) is 4.87. The van der Waals surface area contributed by atoms with Crippen LogP contribution in [0.25, 0.3) is 0 Å². The molecule has 1 unspecified atom stereocenters. The Labute approximate surface area is 164 Å². The van der Waals surface area contributed by atoms with Gasteiger partial charge in [0.05, 0.1) is 0 Å². The highest BCUT2D eigenvalue weighted by atomic mass is 32.2. The third-order valence-electron chi connectivity index (χ3n) is 3.56. The van der Waals surface area contributed by atoms with E-state index in [-0.39, 0.29) is 16.7 Å². The maximum atomic E-state index is 12.6. The molecule has 0 aromatic carbocycles. The number of anilines is 1. The fourth-order valence-corrected chi connectivity index (χ4v) is 4.04. The lowest BCUT2D eigenvalue weighted by molar-refractivity contribution is -0.150. The average molecular weight is 428 g/mol. The summed E-state index contributed by atoms with van der Waals surface area (Å²) in [5.74, 6) is -3.89. The summed E-state index contributed by atoms with van der Waals surface area (Å²) in [4.78, 5) is 56.1. The van der Waals surface area contributed by atoms with E-state index in [4.69, 9.17) is 15.9 Å². The maximum Gasteiger partial charge on any atom is 0.352 e. The first-order valence-electron chi connectivity index (χ1n) is 7.50. The Morgan fingerprint density at radius 1 is 1.43 bits per heavy atom. The van der Waals surface area contributed by atoms with E-state index in [9.17, 15) is 19.2 Å². The predicted octanol–water partition coefficient (Wildman–Crippen LogP) is -1.71. The first-order valence-corrected chi connectivity index (χ1v) is 9.32. The second-order valence-corrected chi connectivity index (χ2v) is 7.27. The molecule has 2 amide bonds. The van der Waals surface area contributed by atoms with E-state index in [0.29, 0.717) is 5.75 Å². The molecule has 148 valence electrons. The molecule has 3 rings (SSSR count). The van der Waals surface area contributed by atoms with Crippen LogP contribution in [0.4, 0.5) is 5.13 Å². The van der Waals surface area contributed by atoms with Gasteiger partial charge in [-0.1, -0.05) is 5.16 Å². The van der Waals surface area contributed by atoms with Crippen LogP contribution in [0.3, 0.4) is 0 Å². The molecule has 1 aromatic heterocycles. The Balaban J connectivity index is 1.76. The molecule has 0 saturated carbocycles. The number of hydrogen-bond donors (Lipinski definition) is 4. The number of hydrogen-bond acceptors (Lipinski definition) is 11. The summed E-state index contributed by atoms with van der Waals surface area (Å²) >= 11 is 2.06. The van der Waals surface area contributed by atoms with E-state index in [1.807, 2.05) is 0 Å². The minimum absolute atomic E-state index is 0.0405. The van der Waals surface area contributed by atoms with Crippen LogP contribution in [0.5, 0.6) is 0 Å². The Kier molecular flexibility index (Phi) is 5.46. The van der Waals surface area contributed by atoms with Crippen molar-refractivity contribution in [2.75, 3.05) is 18.1 Å². The number of rotatable bonds is 7. The number of carbonyl (C=O) groups is 4.